The lowest BCUT2D eigenvalue weighted by Crippen LogP contribution is -2.28. The first kappa shape index (κ1) is 13.4. The second-order valence-electron chi connectivity index (χ2n) is 4.41. The normalized spacial score (nSPS) is 16.0. The summed E-state index contributed by atoms with van der Waals surface area (Å²) in [5.41, 5.74) is 0.197. The van der Waals surface area contributed by atoms with Crippen LogP contribution in [0.4, 0.5) is 5.69 Å². The van der Waals surface area contributed by atoms with E-state index in [1.807, 2.05) is 0 Å². The Bertz CT molecular complexity index is 494. The Balaban J connectivity index is 2.04. The highest BCUT2D eigenvalue weighted by molar-refractivity contribution is 5.95. The Morgan fingerprint density at radius 1 is 1.26 bits per heavy atom. The Morgan fingerprint density at radius 3 is 2.53 bits per heavy atom. The number of phenols is 1. The zero-order chi connectivity index (χ0) is 13.8. The lowest BCUT2D eigenvalue weighted by Gasteiger charge is -2.21. The summed E-state index contributed by atoms with van der Waals surface area (Å²) >= 11 is 0. The summed E-state index contributed by atoms with van der Waals surface area (Å²) in [6.45, 7) is 1.14. The molecule has 6 nitrogen and oxygen atoms in total. The van der Waals surface area contributed by atoms with Crippen LogP contribution in [-0.4, -0.2) is 35.3 Å². The summed E-state index contributed by atoms with van der Waals surface area (Å²) in [6, 6.07) is 3.96. The Kier molecular flexibility index (Phi) is 4.01. The summed E-state index contributed by atoms with van der Waals surface area (Å²) in [5, 5.41) is 21.0. The molecule has 2 rings (SSSR count). The van der Waals surface area contributed by atoms with Crippen molar-refractivity contribution in [2.75, 3.05) is 18.5 Å². The van der Waals surface area contributed by atoms with Gasteiger partial charge in [-0.25, -0.2) is 4.79 Å². The van der Waals surface area contributed by atoms with Gasteiger partial charge in [-0.05, 0) is 25.0 Å². The van der Waals surface area contributed by atoms with Crippen LogP contribution in [-0.2, 0) is 9.53 Å². The van der Waals surface area contributed by atoms with Crippen LogP contribution in [0.5, 0.6) is 5.75 Å². The molecule has 0 radical (unpaired) electrons. The maximum Gasteiger partial charge on any atom is 0.339 e. The number of benzene rings is 1. The minimum atomic E-state index is -1.21. The number of carbonyl (C=O) groups excluding carboxylic acids is 1. The van der Waals surface area contributed by atoms with Gasteiger partial charge in [0.1, 0.15) is 11.3 Å². The fourth-order valence-electron chi connectivity index (χ4n) is 1.99. The van der Waals surface area contributed by atoms with Crippen molar-refractivity contribution >= 4 is 17.6 Å². The van der Waals surface area contributed by atoms with Crippen LogP contribution < -0.4 is 5.32 Å². The van der Waals surface area contributed by atoms with E-state index in [0.717, 1.165) is 0 Å². The first-order valence-electron chi connectivity index (χ1n) is 6.03. The van der Waals surface area contributed by atoms with Crippen molar-refractivity contribution in [2.45, 2.75) is 12.8 Å². The van der Waals surface area contributed by atoms with Gasteiger partial charge in [0.05, 0.1) is 0 Å². The topological polar surface area (TPSA) is 95.9 Å². The van der Waals surface area contributed by atoms with Gasteiger partial charge in [-0.2, -0.15) is 0 Å². The van der Waals surface area contributed by atoms with Crippen molar-refractivity contribution in [1.29, 1.82) is 0 Å². The van der Waals surface area contributed by atoms with E-state index in [2.05, 4.69) is 5.32 Å². The highest BCUT2D eigenvalue weighted by Crippen LogP contribution is 2.23. The molecule has 1 fully saturated rings. The number of aromatic hydroxyl groups is 1. The quantitative estimate of drug-likeness (QED) is 0.768. The summed E-state index contributed by atoms with van der Waals surface area (Å²) in [4.78, 5) is 22.7. The van der Waals surface area contributed by atoms with Crippen LogP contribution in [0, 0.1) is 5.92 Å². The van der Waals surface area contributed by atoms with E-state index >= 15 is 0 Å². The van der Waals surface area contributed by atoms with Crippen LogP contribution in [0.1, 0.15) is 23.2 Å². The number of hydrogen-bond acceptors (Lipinski definition) is 4. The number of anilines is 1. The second kappa shape index (κ2) is 5.71. The molecular formula is C13H15NO5. The van der Waals surface area contributed by atoms with Gasteiger partial charge < -0.3 is 20.3 Å². The molecular weight excluding hydrogens is 250 g/mol. The van der Waals surface area contributed by atoms with Gasteiger partial charge in [-0.15, -0.1) is 0 Å². The lowest BCUT2D eigenvalue weighted by molar-refractivity contribution is -0.122. The molecule has 0 bridgehead atoms. The highest BCUT2D eigenvalue weighted by atomic mass is 16.5. The van der Waals surface area contributed by atoms with Crippen LogP contribution in [0.3, 0.4) is 0 Å². The number of carbonyl (C=O) groups is 2. The minimum Gasteiger partial charge on any atom is -0.507 e. The molecule has 102 valence electrons. The molecule has 0 unspecified atom stereocenters. The molecule has 3 N–H and O–H groups in total. The molecule has 6 heteroatoms. The van der Waals surface area contributed by atoms with Crippen LogP contribution >= 0.6 is 0 Å². The zero-order valence-corrected chi connectivity index (χ0v) is 10.3. The van der Waals surface area contributed by atoms with E-state index in [0.29, 0.717) is 31.7 Å². The maximum atomic E-state index is 11.9. The van der Waals surface area contributed by atoms with Crippen molar-refractivity contribution < 1.29 is 24.5 Å². The second-order valence-corrected chi connectivity index (χ2v) is 4.41. The van der Waals surface area contributed by atoms with Crippen molar-refractivity contribution in [3.63, 3.8) is 0 Å². The van der Waals surface area contributed by atoms with Crippen molar-refractivity contribution in [1.82, 2.24) is 0 Å². The molecule has 1 aliphatic heterocycles. The van der Waals surface area contributed by atoms with Crippen molar-refractivity contribution in [2.24, 2.45) is 5.92 Å². The van der Waals surface area contributed by atoms with E-state index in [1.54, 1.807) is 0 Å². The fourth-order valence-corrected chi connectivity index (χ4v) is 1.99. The van der Waals surface area contributed by atoms with E-state index in [9.17, 15) is 14.7 Å². The van der Waals surface area contributed by atoms with Crippen LogP contribution in [0.25, 0.3) is 0 Å². The molecule has 1 heterocycles. The largest absolute Gasteiger partial charge is 0.507 e. The smallest absolute Gasteiger partial charge is 0.339 e. The maximum absolute atomic E-state index is 11.9. The predicted octanol–water partition coefficient (Wildman–Crippen LogP) is 1.46. The molecule has 19 heavy (non-hydrogen) atoms. The van der Waals surface area contributed by atoms with E-state index in [1.165, 1.54) is 18.2 Å². The number of amides is 1. The minimum absolute atomic E-state index is 0.102. The average Bonchev–Trinajstić information content (AvgIpc) is 2.39. The van der Waals surface area contributed by atoms with E-state index in [4.69, 9.17) is 9.84 Å². The van der Waals surface area contributed by atoms with Crippen LogP contribution in [0.2, 0.25) is 0 Å². The molecule has 0 atom stereocenters. The van der Waals surface area contributed by atoms with Gasteiger partial charge in [0.15, 0.2) is 0 Å². The van der Waals surface area contributed by atoms with Gasteiger partial charge in [-0.1, -0.05) is 0 Å². The lowest BCUT2D eigenvalue weighted by atomic mass is 9.99. The molecule has 1 aliphatic rings. The number of rotatable bonds is 3. The number of nitrogens with one attached hydrogen (secondary N) is 1. The summed E-state index contributed by atoms with van der Waals surface area (Å²) in [7, 11) is 0. The number of aromatic carboxylic acids is 1. The predicted molar refractivity (Wildman–Crippen MR) is 67.2 cm³/mol. The standard InChI is InChI=1S/C13H15NO5/c15-11-7-9(1-2-10(11)13(17)18)14-12(16)8-3-5-19-6-4-8/h1-2,7-8,15H,3-6H2,(H,14,16)(H,17,18). The molecule has 0 spiro atoms. The van der Waals surface area contributed by atoms with Crippen LogP contribution in [0.15, 0.2) is 18.2 Å². The SMILES string of the molecule is O=C(O)c1ccc(NC(=O)C2CCOCC2)cc1O. The first-order chi connectivity index (χ1) is 9.08. The Hall–Kier alpha value is -2.08. The van der Waals surface area contributed by atoms with Gasteiger partial charge in [-0.3, -0.25) is 4.79 Å². The number of hydrogen-bond donors (Lipinski definition) is 3. The summed E-state index contributed by atoms with van der Waals surface area (Å²) in [6.07, 6.45) is 1.34. The third-order valence-corrected chi connectivity index (χ3v) is 3.09. The van der Waals surface area contributed by atoms with Gasteiger partial charge >= 0.3 is 5.97 Å². The molecule has 0 aromatic heterocycles. The number of carboxylic acid groups (broad SMARTS) is 1. The molecule has 1 aromatic carbocycles. The van der Waals surface area contributed by atoms with Crippen molar-refractivity contribution in [3.05, 3.63) is 23.8 Å². The number of ether oxygens (including phenoxy) is 1. The third-order valence-electron chi connectivity index (χ3n) is 3.09. The molecule has 0 aliphatic carbocycles. The average molecular weight is 265 g/mol. The van der Waals surface area contributed by atoms with Gasteiger partial charge in [0.2, 0.25) is 5.91 Å². The molecule has 0 saturated carbocycles. The first-order valence-corrected chi connectivity index (χ1v) is 6.03. The highest BCUT2D eigenvalue weighted by Gasteiger charge is 2.22. The summed E-state index contributed by atoms with van der Waals surface area (Å²) in [5.74, 6) is -1.81. The summed E-state index contributed by atoms with van der Waals surface area (Å²) < 4.78 is 5.18. The van der Waals surface area contributed by atoms with Gasteiger partial charge in [0.25, 0.3) is 0 Å². The fraction of sp³-hybridized carbons (Fsp3) is 0.385. The van der Waals surface area contributed by atoms with Gasteiger partial charge in [0, 0.05) is 30.9 Å². The molecule has 1 aromatic rings. The zero-order valence-electron chi connectivity index (χ0n) is 10.3. The Morgan fingerprint density at radius 2 is 1.95 bits per heavy atom. The monoisotopic (exact) mass is 265 g/mol. The molecule has 1 saturated heterocycles. The third kappa shape index (κ3) is 3.23. The Labute approximate surface area is 110 Å². The molecule has 1 amide bonds. The number of carboxylic acids is 1. The van der Waals surface area contributed by atoms with Crippen molar-refractivity contribution in [3.8, 4) is 5.75 Å². The van der Waals surface area contributed by atoms with E-state index in [-0.39, 0.29) is 23.1 Å². The van der Waals surface area contributed by atoms with E-state index < -0.39 is 5.97 Å².